The second-order valence-electron chi connectivity index (χ2n) is 3.87. The number of aromatic carboxylic acids is 1. The van der Waals surface area contributed by atoms with Gasteiger partial charge in [-0.05, 0) is 28.1 Å². The summed E-state index contributed by atoms with van der Waals surface area (Å²) in [6.07, 6.45) is 0.892. The third kappa shape index (κ3) is 3.14. The summed E-state index contributed by atoms with van der Waals surface area (Å²) < 4.78 is 14.1. The molecule has 2 rings (SSSR count). The van der Waals surface area contributed by atoms with Crippen molar-refractivity contribution in [3.8, 4) is 0 Å². The average molecular weight is 356 g/mol. The van der Waals surface area contributed by atoms with E-state index in [0.29, 0.717) is 4.47 Å². The molecule has 0 saturated heterocycles. The van der Waals surface area contributed by atoms with Crippen LogP contribution in [0.1, 0.15) is 10.4 Å². The standard InChI is InChI=1S/C12H7BrFN3O4/c13-8-2-1-3-9(14)10(8)16-11-7(12(18)19)4-6(5-15-11)17(20)21/h1-5H,(H,15,16)(H,18,19). The van der Waals surface area contributed by atoms with E-state index in [-0.39, 0.29) is 11.5 Å². The van der Waals surface area contributed by atoms with Crippen LogP contribution in [-0.2, 0) is 0 Å². The molecule has 0 unspecified atom stereocenters. The maximum atomic E-state index is 13.7. The number of nitrogens with one attached hydrogen (secondary N) is 1. The van der Waals surface area contributed by atoms with Gasteiger partial charge in [-0.2, -0.15) is 0 Å². The molecule has 0 aliphatic rings. The third-order valence-electron chi connectivity index (χ3n) is 2.52. The molecular weight excluding hydrogens is 349 g/mol. The van der Waals surface area contributed by atoms with Gasteiger partial charge in [0.2, 0.25) is 0 Å². The highest BCUT2D eigenvalue weighted by atomic mass is 79.9. The van der Waals surface area contributed by atoms with Crippen molar-refractivity contribution in [2.24, 2.45) is 0 Å². The van der Waals surface area contributed by atoms with Gasteiger partial charge < -0.3 is 10.4 Å². The number of para-hydroxylation sites is 1. The number of rotatable bonds is 4. The first-order valence-corrected chi connectivity index (χ1v) is 6.28. The lowest BCUT2D eigenvalue weighted by Crippen LogP contribution is -2.07. The van der Waals surface area contributed by atoms with E-state index in [2.05, 4.69) is 26.2 Å². The molecule has 0 radical (unpaired) electrons. The summed E-state index contributed by atoms with van der Waals surface area (Å²) >= 11 is 3.12. The normalized spacial score (nSPS) is 10.2. The van der Waals surface area contributed by atoms with E-state index >= 15 is 0 Å². The van der Waals surface area contributed by atoms with Gasteiger partial charge in [0.25, 0.3) is 5.69 Å². The summed E-state index contributed by atoms with van der Waals surface area (Å²) in [5, 5.41) is 22.2. The molecule has 2 N–H and O–H groups in total. The minimum atomic E-state index is -1.42. The molecule has 0 aliphatic heterocycles. The molecule has 1 aromatic heterocycles. The van der Waals surface area contributed by atoms with Crippen molar-refractivity contribution in [1.82, 2.24) is 4.98 Å². The number of pyridine rings is 1. The smallest absolute Gasteiger partial charge is 0.339 e. The van der Waals surface area contributed by atoms with Crippen LogP contribution >= 0.6 is 15.9 Å². The molecular formula is C12H7BrFN3O4. The molecule has 21 heavy (non-hydrogen) atoms. The zero-order valence-corrected chi connectivity index (χ0v) is 11.8. The minimum Gasteiger partial charge on any atom is -0.478 e. The third-order valence-corrected chi connectivity index (χ3v) is 3.18. The number of carbonyl (C=O) groups is 1. The summed E-state index contributed by atoms with van der Waals surface area (Å²) in [5.41, 5.74) is -0.911. The Hall–Kier alpha value is -2.55. The van der Waals surface area contributed by atoms with Crippen LogP contribution in [0, 0.1) is 15.9 Å². The largest absolute Gasteiger partial charge is 0.478 e. The van der Waals surface area contributed by atoms with Crippen LogP contribution in [0.25, 0.3) is 0 Å². The second kappa shape index (κ2) is 5.83. The van der Waals surface area contributed by atoms with Crippen LogP contribution in [0.15, 0.2) is 34.9 Å². The Bertz CT molecular complexity index is 718. The highest BCUT2D eigenvalue weighted by molar-refractivity contribution is 9.10. The van der Waals surface area contributed by atoms with Crippen molar-refractivity contribution in [2.45, 2.75) is 0 Å². The molecule has 0 atom stereocenters. The molecule has 0 fully saturated rings. The van der Waals surface area contributed by atoms with Gasteiger partial charge in [-0.25, -0.2) is 14.2 Å². The summed E-state index contributed by atoms with van der Waals surface area (Å²) in [7, 11) is 0. The van der Waals surface area contributed by atoms with Gasteiger partial charge in [0.05, 0.1) is 10.6 Å². The first-order valence-electron chi connectivity index (χ1n) is 5.49. The molecule has 0 bridgehead atoms. The van der Waals surface area contributed by atoms with E-state index in [4.69, 9.17) is 5.11 Å². The Kier molecular flexibility index (Phi) is 4.13. The molecule has 0 aliphatic carbocycles. The summed E-state index contributed by atoms with van der Waals surface area (Å²) in [6, 6.07) is 5.05. The van der Waals surface area contributed by atoms with E-state index in [9.17, 15) is 19.3 Å². The molecule has 0 saturated carbocycles. The fraction of sp³-hybridized carbons (Fsp3) is 0. The van der Waals surface area contributed by atoms with Gasteiger partial charge in [-0.15, -0.1) is 0 Å². The lowest BCUT2D eigenvalue weighted by atomic mass is 10.2. The zero-order chi connectivity index (χ0) is 15.6. The van der Waals surface area contributed by atoms with Crippen molar-refractivity contribution < 1.29 is 19.2 Å². The fourth-order valence-corrected chi connectivity index (χ4v) is 1.99. The van der Waals surface area contributed by atoms with Crippen LogP contribution in [0.2, 0.25) is 0 Å². The number of anilines is 2. The average Bonchev–Trinajstić information content (AvgIpc) is 2.42. The van der Waals surface area contributed by atoms with Gasteiger partial charge in [-0.1, -0.05) is 6.07 Å². The van der Waals surface area contributed by atoms with Crippen LogP contribution in [0.5, 0.6) is 0 Å². The molecule has 1 aromatic carbocycles. The lowest BCUT2D eigenvalue weighted by Gasteiger charge is -2.10. The number of benzene rings is 1. The van der Waals surface area contributed by atoms with Gasteiger partial charge in [0.1, 0.15) is 23.4 Å². The maximum Gasteiger partial charge on any atom is 0.339 e. The summed E-state index contributed by atoms with van der Waals surface area (Å²) in [6.45, 7) is 0. The summed E-state index contributed by atoms with van der Waals surface area (Å²) in [5.74, 6) is -2.24. The maximum absolute atomic E-state index is 13.7. The molecule has 0 spiro atoms. The molecule has 108 valence electrons. The SMILES string of the molecule is O=C(O)c1cc([N+](=O)[O-])cnc1Nc1c(F)cccc1Br. The van der Waals surface area contributed by atoms with Gasteiger partial charge in [-0.3, -0.25) is 10.1 Å². The fourth-order valence-electron chi connectivity index (χ4n) is 1.55. The Labute approximate surface area is 125 Å². The quantitative estimate of drug-likeness (QED) is 0.643. The van der Waals surface area contributed by atoms with Gasteiger partial charge in [0.15, 0.2) is 0 Å². The Morgan fingerprint density at radius 2 is 2.19 bits per heavy atom. The highest BCUT2D eigenvalue weighted by Crippen LogP contribution is 2.30. The topological polar surface area (TPSA) is 105 Å². The molecule has 2 aromatic rings. The zero-order valence-electron chi connectivity index (χ0n) is 10.2. The summed E-state index contributed by atoms with van der Waals surface area (Å²) in [4.78, 5) is 24.7. The Morgan fingerprint density at radius 3 is 2.76 bits per heavy atom. The number of carboxylic acids is 1. The van der Waals surface area contributed by atoms with Crippen molar-refractivity contribution >= 4 is 39.1 Å². The minimum absolute atomic E-state index is 0.0126. The second-order valence-corrected chi connectivity index (χ2v) is 4.73. The molecule has 9 heteroatoms. The number of halogens is 2. The number of aromatic nitrogens is 1. The number of nitrogens with zero attached hydrogens (tertiary/aromatic N) is 2. The van der Waals surface area contributed by atoms with Crippen molar-refractivity contribution in [2.75, 3.05) is 5.32 Å². The Balaban J connectivity index is 2.49. The van der Waals surface area contributed by atoms with Crippen molar-refractivity contribution in [3.63, 3.8) is 0 Å². The van der Waals surface area contributed by atoms with E-state index in [1.165, 1.54) is 12.1 Å². The van der Waals surface area contributed by atoms with E-state index in [0.717, 1.165) is 12.3 Å². The van der Waals surface area contributed by atoms with Crippen LogP contribution in [0.4, 0.5) is 21.6 Å². The first kappa shape index (κ1) is 14.9. The number of hydrogen-bond acceptors (Lipinski definition) is 5. The highest BCUT2D eigenvalue weighted by Gasteiger charge is 2.19. The molecule has 0 amide bonds. The first-order chi connectivity index (χ1) is 9.90. The predicted octanol–water partition coefficient (Wildman–Crippen LogP) is 3.33. The number of nitro groups is 1. The number of hydrogen-bond donors (Lipinski definition) is 2. The van der Waals surface area contributed by atoms with E-state index < -0.39 is 28.0 Å². The van der Waals surface area contributed by atoms with Crippen LogP contribution < -0.4 is 5.32 Å². The molecule has 1 heterocycles. The molecule has 7 nitrogen and oxygen atoms in total. The van der Waals surface area contributed by atoms with Gasteiger partial charge in [0, 0.05) is 10.5 Å². The number of carboxylic acid groups (broad SMARTS) is 1. The van der Waals surface area contributed by atoms with Crippen LogP contribution in [-0.4, -0.2) is 21.0 Å². The van der Waals surface area contributed by atoms with E-state index in [1.54, 1.807) is 6.07 Å². The Morgan fingerprint density at radius 1 is 1.48 bits per heavy atom. The van der Waals surface area contributed by atoms with Crippen molar-refractivity contribution in [3.05, 3.63) is 56.4 Å². The predicted molar refractivity (Wildman–Crippen MR) is 75.2 cm³/mol. The van der Waals surface area contributed by atoms with Gasteiger partial charge >= 0.3 is 5.97 Å². The lowest BCUT2D eigenvalue weighted by molar-refractivity contribution is -0.385. The van der Waals surface area contributed by atoms with Crippen LogP contribution in [0.3, 0.4) is 0 Å². The van der Waals surface area contributed by atoms with Crippen molar-refractivity contribution in [1.29, 1.82) is 0 Å². The van der Waals surface area contributed by atoms with E-state index in [1.807, 2.05) is 0 Å². The monoisotopic (exact) mass is 355 g/mol.